The minimum atomic E-state index is -0.0175. The van der Waals surface area contributed by atoms with E-state index in [1.165, 1.54) is 16.7 Å². The summed E-state index contributed by atoms with van der Waals surface area (Å²) >= 11 is 0. The Morgan fingerprint density at radius 3 is 2.31 bits per heavy atom. The van der Waals surface area contributed by atoms with Crippen LogP contribution in [0.1, 0.15) is 11.1 Å². The highest BCUT2D eigenvalue weighted by Crippen LogP contribution is 2.22. The van der Waals surface area contributed by atoms with Gasteiger partial charge in [0.15, 0.2) is 5.84 Å². The van der Waals surface area contributed by atoms with Gasteiger partial charge in [0.2, 0.25) is 0 Å². The molecule has 26 heavy (non-hydrogen) atoms. The van der Waals surface area contributed by atoms with E-state index in [-0.39, 0.29) is 5.84 Å². The second-order valence-electron chi connectivity index (χ2n) is 6.24. The van der Waals surface area contributed by atoms with Gasteiger partial charge in [0.25, 0.3) is 0 Å². The molecule has 4 rings (SSSR count). The van der Waals surface area contributed by atoms with Gasteiger partial charge in [-0.2, -0.15) is 0 Å². The molecule has 0 aliphatic carbocycles. The molecule has 1 aromatic heterocycles. The molecule has 0 atom stereocenters. The number of fused-ring (bicyclic) bond motifs is 1. The third-order valence-corrected chi connectivity index (χ3v) is 4.57. The Bertz CT molecular complexity index is 1080. The highest BCUT2D eigenvalue weighted by atomic mass is 15.0. The summed E-state index contributed by atoms with van der Waals surface area (Å²) in [5.74, 6) is -0.0175. The molecule has 0 saturated heterocycles. The molecule has 0 fully saturated rings. The van der Waals surface area contributed by atoms with Crippen molar-refractivity contribution in [1.29, 1.82) is 10.9 Å². The molecule has 0 saturated carbocycles. The Hall–Kier alpha value is -3.53. The lowest BCUT2D eigenvalue weighted by molar-refractivity contribution is 0.837. The minimum Gasteiger partial charge on any atom is -0.343 e. The summed E-state index contributed by atoms with van der Waals surface area (Å²) in [6.45, 7) is 0.790. The van der Waals surface area contributed by atoms with Crippen LogP contribution in [-0.2, 0) is 6.54 Å². The molecular formula is C22H18N4. The van der Waals surface area contributed by atoms with Gasteiger partial charge in [0.05, 0.1) is 0 Å². The van der Waals surface area contributed by atoms with E-state index in [4.69, 9.17) is 10.9 Å². The SMILES string of the molecule is N=NC(=N)c1ccc2c(ccn2Cc2ccc(-c3ccccc3)cc2)c1. The number of nitrogens with zero attached hydrogens (tertiary/aromatic N) is 2. The first-order valence-corrected chi connectivity index (χ1v) is 8.44. The molecule has 0 amide bonds. The van der Waals surface area contributed by atoms with E-state index in [0.29, 0.717) is 5.56 Å². The molecule has 0 unspecified atom stereocenters. The number of hydrogen-bond donors (Lipinski definition) is 2. The molecule has 0 aliphatic heterocycles. The Labute approximate surface area is 151 Å². The molecule has 4 heteroatoms. The van der Waals surface area contributed by atoms with Gasteiger partial charge in [0, 0.05) is 29.2 Å². The molecule has 0 spiro atoms. The van der Waals surface area contributed by atoms with Crippen LogP contribution in [0.3, 0.4) is 0 Å². The summed E-state index contributed by atoms with van der Waals surface area (Å²) in [7, 11) is 0. The summed E-state index contributed by atoms with van der Waals surface area (Å²) < 4.78 is 2.19. The number of nitrogens with one attached hydrogen (secondary N) is 2. The number of amidine groups is 1. The average Bonchev–Trinajstić information content (AvgIpc) is 3.10. The molecule has 1 heterocycles. The maximum absolute atomic E-state index is 7.67. The number of benzene rings is 3. The fourth-order valence-corrected chi connectivity index (χ4v) is 3.18. The van der Waals surface area contributed by atoms with Gasteiger partial charge < -0.3 is 4.57 Å². The molecule has 3 aromatic carbocycles. The largest absolute Gasteiger partial charge is 0.343 e. The first-order chi connectivity index (χ1) is 12.7. The van der Waals surface area contributed by atoms with Gasteiger partial charge in [-0.05, 0) is 41.0 Å². The smallest absolute Gasteiger partial charge is 0.173 e. The maximum atomic E-state index is 7.67. The lowest BCUT2D eigenvalue weighted by Crippen LogP contribution is -1.98. The van der Waals surface area contributed by atoms with Gasteiger partial charge in [-0.1, -0.05) is 54.6 Å². The number of rotatable bonds is 4. The Morgan fingerprint density at radius 1 is 0.846 bits per heavy atom. The zero-order chi connectivity index (χ0) is 17.9. The van der Waals surface area contributed by atoms with Gasteiger partial charge in [-0.3, -0.25) is 5.41 Å². The molecule has 4 aromatic rings. The molecule has 4 nitrogen and oxygen atoms in total. The van der Waals surface area contributed by atoms with Crippen LogP contribution in [0.15, 0.2) is 90.2 Å². The normalized spacial score (nSPS) is 10.8. The van der Waals surface area contributed by atoms with E-state index in [9.17, 15) is 0 Å². The van der Waals surface area contributed by atoms with Crippen molar-refractivity contribution < 1.29 is 0 Å². The number of aromatic nitrogens is 1. The van der Waals surface area contributed by atoms with Crippen molar-refractivity contribution in [2.45, 2.75) is 6.54 Å². The molecule has 126 valence electrons. The summed E-state index contributed by atoms with van der Waals surface area (Å²) in [4.78, 5) is 0. The van der Waals surface area contributed by atoms with E-state index in [0.717, 1.165) is 17.4 Å². The molecule has 0 aliphatic rings. The summed E-state index contributed by atoms with van der Waals surface area (Å²) in [6, 6.07) is 26.8. The van der Waals surface area contributed by atoms with E-state index in [2.05, 4.69) is 64.4 Å². The zero-order valence-electron chi connectivity index (χ0n) is 14.2. The van der Waals surface area contributed by atoms with Crippen molar-refractivity contribution in [2.24, 2.45) is 5.11 Å². The highest BCUT2D eigenvalue weighted by molar-refractivity contribution is 5.99. The minimum absolute atomic E-state index is 0.0175. The lowest BCUT2D eigenvalue weighted by atomic mass is 10.0. The van der Waals surface area contributed by atoms with Crippen molar-refractivity contribution in [3.05, 3.63) is 96.2 Å². The Morgan fingerprint density at radius 2 is 1.58 bits per heavy atom. The fourth-order valence-electron chi connectivity index (χ4n) is 3.18. The van der Waals surface area contributed by atoms with Gasteiger partial charge in [-0.15, -0.1) is 5.11 Å². The Balaban J connectivity index is 1.59. The van der Waals surface area contributed by atoms with Crippen molar-refractivity contribution in [3.8, 4) is 11.1 Å². The van der Waals surface area contributed by atoms with Crippen LogP contribution in [-0.4, -0.2) is 10.4 Å². The van der Waals surface area contributed by atoms with E-state index in [1.807, 2.05) is 30.3 Å². The predicted octanol–water partition coefficient (Wildman–Crippen LogP) is 5.71. The van der Waals surface area contributed by atoms with Crippen LogP contribution in [0.2, 0.25) is 0 Å². The second-order valence-corrected chi connectivity index (χ2v) is 6.24. The third kappa shape index (κ3) is 3.05. The standard InChI is InChI=1S/C22H18N4/c23-22(25-24)20-10-11-21-19(14-20)12-13-26(21)15-16-6-8-18(9-7-16)17-4-2-1-3-5-17/h1-14,23-24H,15H2. The lowest BCUT2D eigenvalue weighted by Gasteiger charge is -2.08. The summed E-state index contributed by atoms with van der Waals surface area (Å²) in [5, 5.41) is 11.9. The van der Waals surface area contributed by atoms with Crippen molar-refractivity contribution in [1.82, 2.24) is 4.57 Å². The topological polar surface area (TPSA) is 65.0 Å². The van der Waals surface area contributed by atoms with Crippen LogP contribution in [0, 0.1) is 10.9 Å². The monoisotopic (exact) mass is 338 g/mol. The van der Waals surface area contributed by atoms with Gasteiger partial charge in [-0.25, -0.2) is 5.53 Å². The van der Waals surface area contributed by atoms with Crippen molar-refractivity contribution in [2.75, 3.05) is 0 Å². The predicted molar refractivity (Wildman–Crippen MR) is 105 cm³/mol. The third-order valence-electron chi connectivity index (χ3n) is 4.57. The van der Waals surface area contributed by atoms with E-state index < -0.39 is 0 Å². The van der Waals surface area contributed by atoms with Gasteiger partial charge >= 0.3 is 0 Å². The summed E-state index contributed by atoms with van der Waals surface area (Å²) in [6.07, 6.45) is 2.06. The van der Waals surface area contributed by atoms with Crippen molar-refractivity contribution >= 4 is 16.7 Å². The first-order valence-electron chi connectivity index (χ1n) is 8.44. The number of hydrogen-bond acceptors (Lipinski definition) is 2. The van der Waals surface area contributed by atoms with Crippen LogP contribution >= 0.6 is 0 Å². The molecule has 0 radical (unpaired) electrons. The highest BCUT2D eigenvalue weighted by Gasteiger charge is 2.06. The van der Waals surface area contributed by atoms with Crippen LogP contribution < -0.4 is 0 Å². The van der Waals surface area contributed by atoms with Crippen molar-refractivity contribution in [3.63, 3.8) is 0 Å². The fraction of sp³-hybridized carbons (Fsp3) is 0.0455. The summed E-state index contributed by atoms with van der Waals surface area (Å²) in [5.41, 5.74) is 12.4. The molecule has 0 bridgehead atoms. The second kappa shape index (κ2) is 6.76. The van der Waals surface area contributed by atoms with Gasteiger partial charge in [0.1, 0.15) is 0 Å². The average molecular weight is 338 g/mol. The van der Waals surface area contributed by atoms with Crippen LogP contribution in [0.4, 0.5) is 0 Å². The zero-order valence-corrected chi connectivity index (χ0v) is 14.2. The maximum Gasteiger partial charge on any atom is 0.173 e. The molecular weight excluding hydrogens is 320 g/mol. The quantitative estimate of drug-likeness (QED) is 0.272. The van der Waals surface area contributed by atoms with Crippen LogP contribution in [0.5, 0.6) is 0 Å². The Kier molecular flexibility index (Phi) is 4.15. The van der Waals surface area contributed by atoms with E-state index >= 15 is 0 Å². The molecule has 2 N–H and O–H groups in total. The first kappa shape index (κ1) is 16.0. The van der Waals surface area contributed by atoms with E-state index in [1.54, 1.807) is 0 Å². The van der Waals surface area contributed by atoms with Crippen LogP contribution in [0.25, 0.3) is 22.0 Å².